The number of carbonyl (C=O) groups excluding carboxylic acids is 2. The van der Waals surface area contributed by atoms with Crippen molar-refractivity contribution in [3.8, 4) is 0 Å². The van der Waals surface area contributed by atoms with Crippen LogP contribution >= 0.6 is 0 Å². The fourth-order valence-electron chi connectivity index (χ4n) is 1.43. The van der Waals surface area contributed by atoms with Crippen LogP contribution in [0.5, 0.6) is 0 Å². The zero-order valence-electron chi connectivity index (χ0n) is 10.9. The van der Waals surface area contributed by atoms with Crippen molar-refractivity contribution in [2.75, 3.05) is 25.2 Å². The van der Waals surface area contributed by atoms with Gasteiger partial charge in [0.05, 0.1) is 10.7 Å². The van der Waals surface area contributed by atoms with Gasteiger partial charge in [-0.15, -0.1) is 0 Å². The summed E-state index contributed by atoms with van der Waals surface area (Å²) in [4.78, 5) is 22.8. The van der Waals surface area contributed by atoms with Crippen LogP contribution in [0, 0.1) is 0 Å². The van der Waals surface area contributed by atoms with Crippen molar-refractivity contribution in [3.63, 3.8) is 0 Å². The van der Waals surface area contributed by atoms with Gasteiger partial charge in [-0.1, -0.05) is 6.58 Å². The molecule has 1 rings (SSSR count). The molecule has 1 amide bonds. The first-order valence-corrected chi connectivity index (χ1v) is 9.11. The van der Waals surface area contributed by atoms with E-state index in [1.54, 1.807) is 0 Å². The number of hydrogen-bond donors (Lipinski definition) is 0. The summed E-state index contributed by atoms with van der Waals surface area (Å²) in [5.74, 6) is -2.07. The van der Waals surface area contributed by atoms with Crippen LogP contribution in [0.15, 0.2) is 11.5 Å². The van der Waals surface area contributed by atoms with Crippen LogP contribution in [0.25, 0.3) is 0 Å². The van der Waals surface area contributed by atoms with Crippen LogP contribution in [-0.2, 0) is 34.2 Å². The molecule has 20 heavy (non-hydrogen) atoms. The van der Waals surface area contributed by atoms with E-state index >= 15 is 0 Å². The monoisotopic (exact) mass is 325 g/mol. The quantitative estimate of drug-likeness (QED) is 0.598. The number of ether oxygens (including phenoxy) is 1. The Morgan fingerprint density at radius 3 is 2.55 bits per heavy atom. The topological polar surface area (TPSA) is 115 Å². The maximum absolute atomic E-state index is 11.8. The molecule has 0 bridgehead atoms. The molecule has 0 unspecified atom stereocenters. The zero-order chi connectivity index (χ0) is 15.6. The van der Waals surface area contributed by atoms with Crippen molar-refractivity contribution in [2.45, 2.75) is 12.8 Å². The van der Waals surface area contributed by atoms with Crippen LogP contribution in [0.2, 0.25) is 0 Å². The number of esters is 1. The average molecular weight is 325 g/mol. The van der Waals surface area contributed by atoms with Gasteiger partial charge in [0, 0.05) is 12.7 Å². The van der Waals surface area contributed by atoms with E-state index in [-0.39, 0.29) is 30.1 Å². The van der Waals surface area contributed by atoms with E-state index in [4.69, 9.17) is 0 Å². The van der Waals surface area contributed by atoms with Crippen molar-refractivity contribution in [1.82, 2.24) is 4.31 Å². The molecule has 8 nitrogen and oxygen atoms in total. The minimum atomic E-state index is -4.03. The highest BCUT2D eigenvalue weighted by Crippen LogP contribution is 2.23. The maximum atomic E-state index is 11.8. The first-order valence-electron chi connectivity index (χ1n) is 5.61. The molecule has 0 spiro atoms. The number of sulfonamides is 1. The Morgan fingerprint density at radius 1 is 1.40 bits per heavy atom. The van der Waals surface area contributed by atoms with Gasteiger partial charge in [-0.2, -0.15) is 0 Å². The van der Waals surface area contributed by atoms with Gasteiger partial charge in [-0.3, -0.25) is 9.59 Å². The highest BCUT2D eigenvalue weighted by atomic mass is 32.2. The third-order valence-electron chi connectivity index (χ3n) is 2.54. The molecule has 0 aromatic heterocycles. The van der Waals surface area contributed by atoms with Gasteiger partial charge < -0.3 is 4.74 Å². The predicted octanol–water partition coefficient (Wildman–Crippen LogP) is -0.960. The second kappa shape index (κ2) is 5.92. The number of amides is 1. The number of carbonyl (C=O) groups is 2. The fraction of sp³-hybridized carbons (Fsp3) is 0.600. The summed E-state index contributed by atoms with van der Waals surface area (Å²) in [5.41, 5.74) is 0. The Kier molecular flexibility index (Phi) is 4.92. The standard InChI is InChI=1S/C10H15NO7S2/c1-8-3-4-9(12)11(20(8,16)17)7-10(13)18-5-6-19(2,14)15/h1,3-7H2,2H3. The Labute approximate surface area is 117 Å². The fourth-order valence-corrected chi connectivity index (χ4v) is 3.13. The average Bonchev–Trinajstić information content (AvgIpc) is 2.28. The SMILES string of the molecule is C=C1CCC(=O)N(CC(=O)OCCS(C)(=O)=O)S1(=O)=O. The molecule has 1 saturated heterocycles. The minimum Gasteiger partial charge on any atom is -0.463 e. The van der Waals surface area contributed by atoms with Crippen LogP contribution in [-0.4, -0.2) is 58.2 Å². The van der Waals surface area contributed by atoms with Crippen molar-refractivity contribution >= 4 is 31.7 Å². The van der Waals surface area contributed by atoms with E-state index in [1.807, 2.05) is 0 Å². The van der Waals surface area contributed by atoms with Gasteiger partial charge in [0.15, 0.2) is 9.84 Å². The second-order valence-electron chi connectivity index (χ2n) is 4.29. The molecule has 10 heteroatoms. The summed E-state index contributed by atoms with van der Waals surface area (Å²) in [6, 6.07) is 0. The molecular weight excluding hydrogens is 310 g/mol. The normalized spacial score (nSPS) is 18.9. The van der Waals surface area contributed by atoms with Gasteiger partial charge in [0.2, 0.25) is 5.91 Å². The van der Waals surface area contributed by atoms with Crippen LogP contribution in [0.3, 0.4) is 0 Å². The largest absolute Gasteiger partial charge is 0.463 e. The van der Waals surface area contributed by atoms with Crippen LogP contribution in [0.4, 0.5) is 0 Å². The van der Waals surface area contributed by atoms with E-state index in [0.29, 0.717) is 4.31 Å². The highest BCUT2D eigenvalue weighted by Gasteiger charge is 2.36. The first kappa shape index (κ1) is 16.6. The third kappa shape index (κ3) is 4.30. The van der Waals surface area contributed by atoms with E-state index < -0.39 is 38.3 Å². The Balaban J connectivity index is 2.64. The number of allylic oxidation sites excluding steroid dienone is 1. The molecule has 1 heterocycles. The Morgan fingerprint density at radius 2 is 2.00 bits per heavy atom. The summed E-state index contributed by atoms with van der Waals surface area (Å²) >= 11 is 0. The molecule has 1 aliphatic heterocycles. The Bertz CT molecular complexity index is 633. The number of nitrogens with zero attached hydrogens (tertiary/aromatic N) is 1. The summed E-state index contributed by atoms with van der Waals surface area (Å²) < 4.78 is 50.3. The number of hydrogen-bond acceptors (Lipinski definition) is 7. The molecule has 1 aliphatic rings. The lowest BCUT2D eigenvalue weighted by atomic mass is 10.3. The van der Waals surface area contributed by atoms with E-state index in [9.17, 15) is 26.4 Å². The van der Waals surface area contributed by atoms with Gasteiger partial charge in [-0.25, -0.2) is 21.1 Å². The molecule has 0 aliphatic carbocycles. The maximum Gasteiger partial charge on any atom is 0.326 e. The lowest BCUT2D eigenvalue weighted by molar-refractivity contribution is -0.146. The van der Waals surface area contributed by atoms with Gasteiger partial charge >= 0.3 is 5.97 Å². The summed E-state index contributed by atoms with van der Waals surface area (Å²) in [6.07, 6.45) is 0.957. The summed E-state index contributed by atoms with van der Waals surface area (Å²) in [5, 5.41) is 0. The van der Waals surface area contributed by atoms with Crippen LogP contribution in [0.1, 0.15) is 12.8 Å². The van der Waals surface area contributed by atoms with Crippen molar-refractivity contribution in [1.29, 1.82) is 0 Å². The van der Waals surface area contributed by atoms with Crippen LogP contribution < -0.4 is 0 Å². The molecule has 0 N–H and O–H groups in total. The molecule has 1 fully saturated rings. The number of rotatable bonds is 5. The first-order chi connectivity index (χ1) is 9.04. The molecule has 0 aromatic rings. The highest BCUT2D eigenvalue weighted by molar-refractivity contribution is 7.93. The molecule has 0 aromatic carbocycles. The van der Waals surface area contributed by atoms with Gasteiger partial charge in [0.25, 0.3) is 10.0 Å². The third-order valence-corrected chi connectivity index (χ3v) is 5.30. The van der Waals surface area contributed by atoms with Crippen molar-refractivity contribution in [3.05, 3.63) is 11.5 Å². The van der Waals surface area contributed by atoms with Crippen molar-refractivity contribution in [2.24, 2.45) is 0 Å². The van der Waals surface area contributed by atoms with E-state index in [1.165, 1.54) is 0 Å². The zero-order valence-corrected chi connectivity index (χ0v) is 12.5. The number of sulfone groups is 1. The Hall–Kier alpha value is -1.42. The molecule has 0 radical (unpaired) electrons. The second-order valence-corrected chi connectivity index (χ2v) is 8.52. The molecule has 114 valence electrons. The molecule has 0 saturated carbocycles. The van der Waals surface area contributed by atoms with Crippen molar-refractivity contribution < 1.29 is 31.2 Å². The van der Waals surface area contributed by atoms with E-state index in [0.717, 1.165) is 6.26 Å². The summed E-state index contributed by atoms with van der Waals surface area (Å²) in [7, 11) is -7.32. The predicted molar refractivity (Wildman–Crippen MR) is 69.7 cm³/mol. The van der Waals surface area contributed by atoms with Gasteiger partial charge in [0.1, 0.15) is 13.2 Å². The molecule has 0 atom stereocenters. The lowest BCUT2D eigenvalue weighted by Gasteiger charge is -2.26. The summed E-state index contributed by atoms with van der Waals surface area (Å²) in [6.45, 7) is 2.18. The smallest absolute Gasteiger partial charge is 0.326 e. The van der Waals surface area contributed by atoms with E-state index in [2.05, 4.69) is 11.3 Å². The minimum absolute atomic E-state index is 0.0286. The lowest BCUT2D eigenvalue weighted by Crippen LogP contribution is -2.44. The van der Waals surface area contributed by atoms with Gasteiger partial charge in [-0.05, 0) is 6.42 Å². The molecular formula is C10H15NO7S2.